The van der Waals surface area contributed by atoms with E-state index in [1.807, 2.05) is 0 Å². The highest BCUT2D eigenvalue weighted by Crippen LogP contribution is 2.34. The number of halogens is 3. The molecule has 170 valence electrons. The molecule has 32 heavy (non-hydrogen) atoms. The molecule has 0 radical (unpaired) electrons. The van der Waals surface area contributed by atoms with Gasteiger partial charge in [0, 0.05) is 43.7 Å². The summed E-state index contributed by atoms with van der Waals surface area (Å²) in [5.74, 6) is -0.473. The zero-order chi connectivity index (χ0) is 22.9. The van der Waals surface area contributed by atoms with Crippen molar-refractivity contribution in [1.29, 1.82) is 0 Å². The summed E-state index contributed by atoms with van der Waals surface area (Å²) in [6, 6.07) is 2.24. The van der Waals surface area contributed by atoms with E-state index in [9.17, 15) is 22.8 Å². The zero-order valence-corrected chi connectivity index (χ0v) is 17.2. The fraction of sp³-hybridized carbons (Fsp3) is 0.429. The number of carbonyl (C=O) groups excluding carboxylic acids is 1. The van der Waals surface area contributed by atoms with Crippen LogP contribution in [0.3, 0.4) is 0 Å². The summed E-state index contributed by atoms with van der Waals surface area (Å²) in [5.41, 5.74) is -0.242. The highest BCUT2D eigenvalue weighted by Gasteiger charge is 2.47. The molecule has 0 amide bonds. The largest absolute Gasteiger partial charge is 0.408 e. The molecule has 8 nitrogen and oxygen atoms in total. The Labute approximate surface area is 181 Å². The monoisotopic (exact) mass is 449 g/mol. The van der Waals surface area contributed by atoms with Crippen LogP contribution in [0.5, 0.6) is 0 Å². The lowest BCUT2D eigenvalue weighted by atomic mass is 10.1. The molecule has 4 rings (SSSR count). The minimum atomic E-state index is -4.60. The molecule has 2 atom stereocenters. The maximum atomic E-state index is 13.9. The number of pyridine rings is 1. The fourth-order valence-corrected chi connectivity index (χ4v) is 3.76. The first-order valence-corrected chi connectivity index (χ1v) is 10.1. The third kappa shape index (κ3) is 4.67. The van der Waals surface area contributed by atoms with Gasteiger partial charge in [0.2, 0.25) is 5.95 Å². The molecule has 0 aliphatic carbocycles. The van der Waals surface area contributed by atoms with Crippen molar-refractivity contribution < 1.29 is 22.7 Å². The van der Waals surface area contributed by atoms with Crippen molar-refractivity contribution in [1.82, 2.24) is 14.5 Å². The van der Waals surface area contributed by atoms with Crippen molar-refractivity contribution in [3.8, 4) is 0 Å². The summed E-state index contributed by atoms with van der Waals surface area (Å²) < 4.78 is 48.1. The van der Waals surface area contributed by atoms with Crippen LogP contribution >= 0.6 is 0 Å². The van der Waals surface area contributed by atoms with Crippen molar-refractivity contribution in [3.63, 3.8) is 0 Å². The molecule has 2 aliphatic rings. The Morgan fingerprint density at radius 2 is 2.06 bits per heavy atom. The van der Waals surface area contributed by atoms with Crippen molar-refractivity contribution in [2.24, 2.45) is 0 Å². The van der Waals surface area contributed by atoms with Crippen molar-refractivity contribution in [3.05, 3.63) is 59.2 Å². The Balaban J connectivity index is 1.74. The van der Waals surface area contributed by atoms with Crippen LogP contribution in [0.25, 0.3) is 0 Å². The smallest absolute Gasteiger partial charge is 0.371 e. The van der Waals surface area contributed by atoms with E-state index in [0.29, 0.717) is 19.7 Å². The van der Waals surface area contributed by atoms with Gasteiger partial charge in [-0.3, -0.25) is 19.1 Å². The second-order valence-corrected chi connectivity index (χ2v) is 7.69. The number of aromatic nitrogens is 3. The van der Waals surface area contributed by atoms with E-state index in [0.717, 1.165) is 4.90 Å². The molecule has 0 saturated carbocycles. The number of carbonyl (C=O) groups is 1. The van der Waals surface area contributed by atoms with E-state index >= 15 is 0 Å². The first-order valence-electron chi connectivity index (χ1n) is 10.1. The van der Waals surface area contributed by atoms with Gasteiger partial charge in [-0.25, -0.2) is 0 Å². The Morgan fingerprint density at radius 3 is 2.69 bits per heavy atom. The van der Waals surface area contributed by atoms with E-state index in [2.05, 4.69) is 16.5 Å². The summed E-state index contributed by atoms with van der Waals surface area (Å²) >= 11 is 0. The van der Waals surface area contributed by atoms with Crippen LogP contribution < -0.4 is 15.4 Å². The number of epoxide rings is 1. The van der Waals surface area contributed by atoms with E-state index in [4.69, 9.17) is 4.74 Å². The van der Waals surface area contributed by atoms with Crippen LogP contribution in [0.1, 0.15) is 16.8 Å². The van der Waals surface area contributed by atoms with Gasteiger partial charge < -0.3 is 14.5 Å². The molecule has 0 spiro atoms. The molecule has 0 N–H and O–H groups in total. The average molecular weight is 449 g/mol. The molecule has 1 unspecified atom stereocenters. The lowest BCUT2D eigenvalue weighted by Crippen LogP contribution is -2.54. The number of ether oxygens (including phenoxy) is 1. The van der Waals surface area contributed by atoms with Crippen LogP contribution in [0.2, 0.25) is 0 Å². The van der Waals surface area contributed by atoms with Gasteiger partial charge in [-0.05, 0) is 18.6 Å². The minimum absolute atomic E-state index is 0.0252. The number of nitrogens with zero attached hydrogens (tertiary/aromatic N) is 5. The maximum absolute atomic E-state index is 13.9. The van der Waals surface area contributed by atoms with E-state index < -0.39 is 30.1 Å². The number of fused-ring (bicyclic) bond motifs is 1. The second-order valence-electron chi connectivity index (χ2n) is 7.69. The Hall–Kier alpha value is -3.21. The normalized spacial score (nSPS) is 19.9. The van der Waals surface area contributed by atoms with Crippen LogP contribution in [-0.2, 0) is 11.3 Å². The first-order chi connectivity index (χ1) is 15.3. The van der Waals surface area contributed by atoms with Crippen molar-refractivity contribution in [2.45, 2.75) is 31.3 Å². The highest BCUT2D eigenvalue weighted by molar-refractivity contribution is 5.99. The van der Waals surface area contributed by atoms with Gasteiger partial charge >= 0.3 is 6.18 Å². The minimum Gasteiger partial charge on any atom is -0.371 e. The average Bonchev–Trinajstić information content (AvgIpc) is 3.57. The van der Waals surface area contributed by atoms with Crippen molar-refractivity contribution in [2.75, 3.05) is 36.0 Å². The summed E-state index contributed by atoms with van der Waals surface area (Å²) in [6.07, 6.45) is -0.570. The molecule has 2 aromatic heterocycles. The van der Waals surface area contributed by atoms with Crippen LogP contribution in [0.4, 0.5) is 24.9 Å². The van der Waals surface area contributed by atoms with Gasteiger partial charge in [0.1, 0.15) is 11.9 Å². The van der Waals surface area contributed by atoms with Gasteiger partial charge in [0.25, 0.3) is 5.56 Å². The molecule has 0 aromatic carbocycles. The molecule has 2 aromatic rings. The Kier molecular flexibility index (Phi) is 6.00. The molecule has 11 heteroatoms. The Bertz CT molecular complexity index is 1050. The molecule has 4 heterocycles. The third-order valence-electron chi connectivity index (χ3n) is 5.43. The molecule has 0 bridgehead atoms. The van der Waals surface area contributed by atoms with Gasteiger partial charge in [0.05, 0.1) is 19.3 Å². The lowest BCUT2D eigenvalue weighted by Gasteiger charge is -2.39. The predicted octanol–water partition coefficient (Wildman–Crippen LogP) is 2.05. The quantitative estimate of drug-likeness (QED) is 0.347. The number of anilines is 2. The SMILES string of the molecule is C=CCN(CC1CO1)c1cc(=O)n2c(n1)N(CC(=O)c1ccncc1)[C@H](C(F)(F)F)CC2. The van der Waals surface area contributed by atoms with Crippen LogP contribution in [0, 0.1) is 0 Å². The lowest BCUT2D eigenvalue weighted by molar-refractivity contribution is -0.152. The number of alkyl halides is 3. The van der Waals surface area contributed by atoms with Gasteiger partial charge in [-0.1, -0.05) is 6.08 Å². The Morgan fingerprint density at radius 1 is 1.34 bits per heavy atom. The second kappa shape index (κ2) is 8.73. The topological polar surface area (TPSA) is 83.9 Å². The summed E-state index contributed by atoms with van der Waals surface area (Å²) in [6.45, 7) is 4.32. The third-order valence-corrected chi connectivity index (χ3v) is 5.43. The summed E-state index contributed by atoms with van der Waals surface area (Å²) in [7, 11) is 0. The number of hydrogen-bond donors (Lipinski definition) is 0. The summed E-state index contributed by atoms with van der Waals surface area (Å²) in [5, 5.41) is 0. The standard InChI is InChI=1S/C21H22F3N5O3/c1-2-8-27(11-15-13-32-15)18-10-19(31)28-9-5-17(21(22,23)24)29(20(28)26-18)12-16(30)14-3-6-25-7-4-14/h2-4,6-7,10,15,17H,1,5,8-9,11-13H2/t15?,17-/m0/s1. The predicted molar refractivity (Wildman–Crippen MR) is 111 cm³/mol. The molecular weight excluding hydrogens is 427 g/mol. The van der Waals surface area contributed by atoms with Gasteiger partial charge in [0.15, 0.2) is 5.78 Å². The number of ketones is 1. The van der Waals surface area contributed by atoms with Crippen molar-refractivity contribution >= 4 is 17.5 Å². The van der Waals surface area contributed by atoms with Gasteiger partial charge in [-0.2, -0.15) is 18.2 Å². The van der Waals surface area contributed by atoms with Crippen LogP contribution in [-0.4, -0.2) is 64.9 Å². The van der Waals surface area contributed by atoms with E-state index in [1.54, 1.807) is 11.0 Å². The fourth-order valence-electron chi connectivity index (χ4n) is 3.76. The van der Waals surface area contributed by atoms with E-state index in [1.165, 1.54) is 35.2 Å². The molecule has 1 saturated heterocycles. The maximum Gasteiger partial charge on any atom is 0.408 e. The molecule has 1 fully saturated rings. The zero-order valence-electron chi connectivity index (χ0n) is 17.2. The van der Waals surface area contributed by atoms with Crippen LogP contribution in [0.15, 0.2) is 48.0 Å². The molecular formula is C21H22F3N5O3. The number of Topliss-reactive ketones (excluding diaryl/α,β-unsaturated/α-hetero) is 1. The van der Waals surface area contributed by atoms with E-state index in [-0.39, 0.29) is 36.4 Å². The summed E-state index contributed by atoms with van der Waals surface area (Å²) in [4.78, 5) is 36.4. The molecule has 2 aliphatic heterocycles. The first kappa shape index (κ1) is 22.0. The number of hydrogen-bond acceptors (Lipinski definition) is 7. The number of rotatable bonds is 8. The highest BCUT2D eigenvalue weighted by atomic mass is 19.4. The van der Waals surface area contributed by atoms with Gasteiger partial charge in [-0.15, -0.1) is 6.58 Å².